The maximum atomic E-state index is 14.6. The number of fused-ring (bicyclic) bond motifs is 1. The van der Waals surface area contributed by atoms with Crippen molar-refractivity contribution in [2.75, 3.05) is 25.5 Å². The van der Waals surface area contributed by atoms with E-state index < -0.39 is 11.1 Å². The minimum Gasteiger partial charge on any atom is -0.444 e. The van der Waals surface area contributed by atoms with Gasteiger partial charge in [-0.15, -0.1) is 0 Å². The summed E-state index contributed by atoms with van der Waals surface area (Å²) in [5.41, 5.74) is 0.387. The molecule has 1 aliphatic carbocycles. The van der Waals surface area contributed by atoms with Crippen LogP contribution in [0.3, 0.4) is 0 Å². The van der Waals surface area contributed by atoms with E-state index in [1.165, 1.54) is 0 Å². The van der Waals surface area contributed by atoms with Gasteiger partial charge in [0.1, 0.15) is 5.60 Å². The van der Waals surface area contributed by atoms with Crippen LogP contribution in [0.4, 0.5) is 15.3 Å². The van der Waals surface area contributed by atoms with E-state index in [-0.39, 0.29) is 36.5 Å². The summed E-state index contributed by atoms with van der Waals surface area (Å²) in [7, 11) is 1.81. The molecule has 1 unspecified atom stereocenters. The van der Waals surface area contributed by atoms with E-state index >= 15 is 0 Å². The van der Waals surface area contributed by atoms with Crippen molar-refractivity contribution in [3.8, 4) is 0 Å². The molecule has 0 aromatic heterocycles. The number of likely N-dealkylation sites (tertiary alicyclic amines) is 1. The van der Waals surface area contributed by atoms with Crippen molar-refractivity contribution in [3.05, 3.63) is 63.6 Å². The highest BCUT2D eigenvalue weighted by Crippen LogP contribution is 2.48. The number of benzene rings is 2. The maximum absolute atomic E-state index is 14.6. The van der Waals surface area contributed by atoms with E-state index in [1.807, 2.05) is 57.0 Å². The summed E-state index contributed by atoms with van der Waals surface area (Å²) in [5.74, 6) is -0.247. The van der Waals surface area contributed by atoms with Crippen LogP contribution in [-0.4, -0.2) is 70.6 Å². The Bertz CT molecular complexity index is 1330. The van der Waals surface area contributed by atoms with Crippen molar-refractivity contribution in [2.45, 2.75) is 82.5 Å². The summed E-state index contributed by atoms with van der Waals surface area (Å²) in [4.78, 5) is 46.6. The molecule has 2 heterocycles. The van der Waals surface area contributed by atoms with Crippen LogP contribution in [0.25, 0.3) is 0 Å². The van der Waals surface area contributed by atoms with Crippen molar-refractivity contribution >= 4 is 46.9 Å². The summed E-state index contributed by atoms with van der Waals surface area (Å²) in [6, 6.07) is 12.5. The number of amides is 4. The second kappa shape index (κ2) is 11.4. The molecule has 2 aliphatic heterocycles. The predicted octanol–water partition coefficient (Wildman–Crippen LogP) is 6.69. The first kappa shape index (κ1) is 29.5. The number of piperidine rings is 1. The molecule has 2 aromatic carbocycles. The van der Waals surface area contributed by atoms with E-state index in [2.05, 4.69) is 5.32 Å². The Morgan fingerprint density at radius 1 is 1.02 bits per heavy atom. The van der Waals surface area contributed by atoms with Crippen molar-refractivity contribution in [1.29, 1.82) is 0 Å². The van der Waals surface area contributed by atoms with Gasteiger partial charge in [-0.05, 0) is 82.7 Å². The van der Waals surface area contributed by atoms with Crippen LogP contribution in [0, 0.1) is 0 Å². The lowest BCUT2D eigenvalue weighted by atomic mass is 9.79. The minimum atomic E-state index is -1.27. The Morgan fingerprint density at radius 3 is 2.32 bits per heavy atom. The Morgan fingerprint density at radius 2 is 1.71 bits per heavy atom. The van der Waals surface area contributed by atoms with Crippen LogP contribution < -0.4 is 5.32 Å². The molecule has 0 radical (unpaired) electrons. The number of nitrogens with zero attached hydrogens (tertiary/aromatic N) is 3. The van der Waals surface area contributed by atoms with Gasteiger partial charge in [0.05, 0.1) is 0 Å². The molecule has 0 spiro atoms. The molecule has 1 atom stereocenters. The molecule has 10 heteroatoms. The Hall–Kier alpha value is -2.97. The van der Waals surface area contributed by atoms with Crippen molar-refractivity contribution < 1.29 is 19.1 Å². The molecule has 2 aromatic rings. The minimum absolute atomic E-state index is 0.0823. The van der Waals surface area contributed by atoms with Gasteiger partial charge in [0.25, 0.3) is 5.91 Å². The number of carbonyl (C=O) groups excluding carboxylic acids is 3. The molecule has 220 valence electrons. The number of rotatable bonds is 5. The molecule has 1 N–H and O–H groups in total. The molecular formula is C31H38Cl2N4O4. The van der Waals surface area contributed by atoms with Gasteiger partial charge in [-0.2, -0.15) is 0 Å². The van der Waals surface area contributed by atoms with E-state index in [0.717, 1.165) is 30.4 Å². The number of halogens is 2. The normalized spacial score (nSPS) is 21.1. The summed E-state index contributed by atoms with van der Waals surface area (Å²) < 4.78 is 5.55. The molecule has 3 aliphatic rings. The molecule has 8 nitrogen and oxygen atoms in total. The largest absolute Gasteiger partial charge is 0.444 e. The zero-order chi connectivity index (χ0) is 29.5. The van der Waals surface area contributed by atoms with Gasteiger partial charge in [-0.3, -0.25) is 4.79 Å². The topological polar surface area (TPSA) is 82.2 Å². The Kier molecular flexibility index (Phi) is 8.18. The van der Waals surface area contributed by atoms with Gasteiger partial charge >= 0.3 is 12.1 Å². The van der Waals surface area contributed by atoms with Gasteiger partial charge in [0, 0.05) is 59.9 Å². The van der Waals surface area contributed by atoms with Gasteiger partial charge in [-0.1, -0.05) is 41.4 Å². The highest BCUT2D eigenvalue weighted by atomic mass is 35.5. The molecule has 5 rings (SSSR count). The average molecular weight is 602 g/mol. The maximum Gasteiger partial charge on any atom is 0.410 e. The smallest absolute Gasteiger partial charge is 0.410 e. The second-order valence-electron chi connectivity index (χ2n) is 12.4. The fraction of sp³-hybridized carbons (Fsp3) is 0.516. The van der Waals surface area contributed by atoms with Gasteiger partial charge in [0.2, 0.25) is 0 Å². The third-order valence-corrected chi connectivity index (χ3v) is 8.89. The first-order valence-corrected chi connectivity index (χ1v) is 15.0. The number of ether oxygens (including phenoxy) is 1. The van der Waals surface area contributed by atoms with Crippen LogP contribution in [0.5, 0.6) is 0 Å². The van der Waals surface area contributed by atoms with Crippen molar-refractivity contribution in [1.82, 2.24) is 14.7 Å². The SMILES string of the molecule is CN(C(=O)N(C1CCC1)C1(Cc2cccc(Cl)c2)C(=O)Nc2cc(Cl)ccc21)C1CCN(C(=O)OC(C)(C)C)CC1. The summed E-state index contributed by atoms with van der Waals surface area (Å²) in [5, 5.41) is 4.11. The summed E-state index contributed by atoms with van der Waals surface area (Å²) in [6.45, 7) is 6.54. The molecule has 1 saturated heterocycles. The van der Waals surface area contributed by atoms with Crippen molar-refractivity contribution in [3.63, 3.8) is 0 Å². The van der Waals surface area contributed by atoms with Crippen LogP contribution >= 0.6 is 23.2 Å². The van der Waals surface area contributed by atoms with Crippen LogP contribution in [0.1, 0.15) is 64.0 Å². The lowest BCUT2D eigenvalue weighted by molar-refractivity contribution is -0.129. The lowest BCUT2D eigenvalue weighted by Gasteiger charge is -2.50. The third kappa shape index (κ3) is 5.86. The summed E-state index contributed by atoms with van der Waals surface area (Å²) >= 11 is 12.7. The number of anilines is 1. The lowest BCUT2D eigenvalue weighted by Crippen LogP contribution is -2.64. The fourth-order valence-electron chi connectivity index (χ4n) is 6.14. The van der Waals surface area contributed by atoms with Gasteiger partial charge < -0.3 is 24.8 Å². The zero-order valence-corrected chi connectivity index (χ0v) is 25.6. The van der Waals surface area contributed by atoms with E-state index in [9.17, 15) is 14.4 Å². The molecule has 0 bridgehead atoms. The Balaban J connectivity index is 1.46. The first-order chi connectivity index (χ1) is 19.4. The highest BCUT2D eigenvalue weighted by Gasteiger charge is 2.57. The van der Waals surface area contributed by atoms with Crippen molar-refractivity contribution in [2.24, 2.45) is 0 Å². The number of nitrogens with one attached hydrogen (secondary N) is 1. The van der Waals surface area contributed by atoms with Crippen LogP contribution in [-0.2, 0) is 21.5 Å². The standard InChI is InChI=1S/C31H38Cl2N4O4/c1-30(2,3)41-29(40)36-15-13-23(14-16-36)35(4)28(39)37(24-9-6-10-24)31(19-20-7-5-8-21(32)17-20)25-12-11-22(33)18-26(25)34-27(31)38/h5,7-8,11-12,17-18,23-24H,6,9-10,13-16,19H2,1-4H3,(H,34,38). The van der Waals surface area contributed by atoms with E-state index in [1.54, 1.807) is 28.0 Å². The number of hydrogen-bond acceptors (Lipinski definition) is 4. The molecular weight excluding hydrogens is 563 g/mol. The third-order valence-electron chi connectivity index (χ3n) is 8.42. The van der Waals surface area contributed by atoms with Crippen LogP contribution in [0.2, 0.25) is 10.0 Å². The first-order valence-electron chi connectivity index (χ1n) is 14.3. The number of urea groups is 1. The van der Waals surface area contributed by atoms with Crippen LogP contribution in [0.15, 0.2) is 42.5 Å². The van der Waals surface area contributed by atoms with E-state index in [4.69, 9.17) is 27.9 Å². The second-order valence-corrected chi connectivity index (χ2v) is 13.2. The molecule has 41 heavy (non-hydrogen) atoms. The summed E-state index contributed by atoms with van der Waals surface area (Å²) in [6.07, 6.45) is 3.84. The zero-order valence-electron chi connectivity index (χ0n) is 24.1. The molecule has 2 fully saturated rings. The van der Waals surface area contributed by atoms with Gasteiger partial charge in [0.15, 0.2) is 5.54 Å². The average Bonchev–Trinajstić information content (AvgIpc) is 3.14. The van der Waals surface area contributed by atoms with Gasteiger partial charge in [-0.25, -0.2) is 9.59 Å². The van der Waals surface area contributed by atoms with E-state index in [0.29, 0.717) is 41.7 Å². The Labute approximate surface area is 251 Å². The number of carbonyl (C=O) groups is 3. The molecule has 1 saturated carbocycles. The highest BCUT2D eigenvalue weighted by molar-refractivity contribution is 6.31. The monoisotopic (exact) mass is 600 g/mol. The quantitative estimate of drug-likeness (QED) is 0.414. The predicted molar refractivity (Wildman–Crippen MR) is 160 cm³/mol. The molecule has 4 amide bonds. The fourth-order valence-corrected chi connectivity index (χ4v) is 6.52. The number of hydrogen-bond donors (Lipinski definition) is 1.